The van der Waals surface area contributed by atoms with Gasteiger partial charge in [0.25, 0.3) is 5.91 Å². The summed E-state index contributed by atoms with van der Waals surface area (Å²) in [7, 11) is 0. The van der Waals surface area contributed by atoms with E-state index in [0.717, 1.165) is 10.8 Å². The lowest BCUT2D eigenvalue weighted by Gasteiger charge is -2.40. The van der Waals surface area contributed by atoms with Gasteiger partial charge in [-0.2, -0.15) is 0 Å². The number of amides is 2. The second kappa shape index (κ2) is 10.5. The maximum Gasteiger partial charge on any atom is 0.313 e. The van der Waals surface area contributed by atoms with Crippen molar-refractivity contribution in [2.24, 2.45) is 11.8 Å². The average Bonchev–Trinajstić information content (AvgIpc) is 3.37. The minimum Gasteiger partial charge on any atom is -0.465 e. The third-order valence-corrected chi connectivity index (χ3v) is 9.43. The average molecular weight is 579 g/mol. The third kappa shape index (κ3) is 4.23. The molecule has 0 aliphatic carbocycles. The standard InChI is InChI=1S/C35H34N2O6/c1-34-17-8-3-9-20-42-33(41)29(34)28-31(39)37(27(22-38)24-12-4-2-5-13-24)30-32(40)36(19-10-18-35(28,30)43-34)26-16-15-23-11-6-7-14-25(23)21-26/h2,4-8,10-18,21,27-30,38H,3,9,19-20,22H2,1H3/b17-8-/t27-,28+,29-,30?,34+,35+/m1/s1. The molecule has 1 N–H and O–H groups in total. The molecule has 0 bridgehead atoms. The van der Waals surface area contributed by atoms with Crippen molar-refractivity contribution in [1.29, 1.82) is 0 Å². The van der Waals surface area contributed by atoms with E-state index in [4.69, 9.17) is 9.47 Å². The zero-order valence-electron chi connectivity index (χ0n) is 24.0. The highest BCUT2D eigenvalue weighted by molar-refractivity contribution is 6.06. The molecular formula is C35H34N2O6. The number of hydrogen-bond acceptors (Lipinski definition) is 6. The molecule has 3 aromatic rings. The number of anilines is 1. The number of carbonyl (C=O) groups excluding carboxylic acids is 3. The van der Waals surface area contributed by atoms with Crippen molar-refractivity contribution < 1.29 is 29.0 Å². The number of aliphatic hydroxyl groups is 1. The molecule has 2 amide bonds. The van der Waals surface area contributed by atoms with Gasteiger partial charge in [-0.15, -0.1) is 0 Å². The van der Waals surface area contributed by atoms with Gasteiger partial charge in [-0.3, -0.25) is 14.4 Å². The molecule has 8 heteroatoms. The van der Waals surface area contributed by atoms with Crippen molar-refractivity contribution in [3.8, 4) is 0 Å². The van der Waals surface area contributed by atoms with Crippen LogP contribution in [0, 0.1) is 11.8 Å². The van der Waals surface area contributed by atoms with Crippen molar-refractivity contribution in [2.75, 3.05) is 24.7 Å². The second-order valence-corrected chi connectivity index (χ2v) is 11.9. The Balaban J connectivity index is 1.40. The summed E-state index contributed by atoms with van der Waals surface area (Å²) in [6, 6.07) is 21.0. The van der Waals surface area contributed by atoms with Crippen LogP contribution in [0.3, 0.4) is 0 Å². The zero-order valence-corrected chi connectivity index (χ0v) is 24.0. The number of rotatable bonds is 4. The molecule has 2 saturated heterocycles. The molecule has 0 saturated carbocycles. The number of fused-ring (bicyclic) bond motifs is 3. The molecule has 4 aliphatic heterocycles. The largest absolute Gasteiger partial charge is 0.465 e. The van der Waals surface area contributed by atoms with Gasteiger partial charge in [0, 0.05) is 12.2 Å². The van der Waals surface area contributed by atoms with Gasteiger partial charge in [-0.1, -0.05) is 85.0 Å². The zero-order chi connectivity index (χ0) is 29.8. The van der Waals surface area contributed by atoms with Crippen molar-refractivity contribution in [1.82, 2.24) is 4.90 Å². The number of cyclic esters (lactones) is 1. The van der Waals surface area contributed by atoms with Crippen molar-refractivity contribution in [3.05, 3.63) is 103 Å². The summed E-state index contributed by atoms with van der Waals surface area (Å²) in [5.74, 6) is -3.25. The van der Waals surface area contributed by atoms with Crippen LogP contribution in [0.1, 0.15) is 31.4 Å². The summed E-state index contributed by atoms with van der Waals surface area (Å²) in [6.07, 6.45) is 8.86. The maximum atomic E-state index is 14.9. The number of hydrogen-bond donors (Lipinski definition) is 1. The maximum absolute atomic E-state index is 14.9. The number of aliphatic hydroxyl groups excluding tert-OH is 1. The Bertz CT molecular complexity index is 1650. The van der Waals surface area contributed by atoms with Crippen LogP contribution in [-0.4, -0.2) is 64.8 Å². The number of nitrogens with zero attached hydrogens (tertiary/aromatic N) is 2. The first-order valence-electron chi connectivity index (χ1n) is 14.9. The fourth-order valence-electron chi connectivity index (χ4n) is 7.52. The highest BCUT2D eigenvalue weighted by atomic mass is 16.6. The van der Waals surface area contributed by atoms with E-state index in [-0.39, 0.29) is 19.1 Å². The topological polar surface area (TPSA) is 96.4 Å². The number of esters is 1. The highest BCUT2D eigenvalue weighted by Crippen LogP contribution is 2.58. The Morgan fingerprint density at radius 3 is 2.47 bits per heavy atom. The van der Waals surface area contributed by atoms with Gasteiger partial charge in [0.2, 0.25) is 5.91 Å². The van der Waals surface area contributed by atoms with E-state index < -0.39 is 53.6 Å². The Morgan fingerprint density at radius 1 is 0.907 bits per heavy atom. The predicted octanol–water partition coefficient (Wildman–Crippen LogP) is 4.34. The van der Waals surface area contributed by atoms with Crippen LogP contribution in [0.2, 0.25) is 0 Å². The smallest absolute Gasteiger partial charge is 0.313 e. The first-order chi connectivity index (χ1) is 20.9. The lowest BCUT2D eigenvalue weighted by atomic mass is 9.74. The Hall–Kier alpha value is -4.27. The number of likely N-dealkylation sites (tertiary alicyclic amines) is 1. The molecule has 7 rings (SSSR count). The fourth-order valence-corrected chi connectivity index (χ4v) is 7.52. The van der Waals surface area contributed by atoms with E-state index in [0.29, 0.717) is 24.1 Å². The molecule has 3 aromatic carbocycles. The van der Waals surface area contributed by atoms with Crippen LogP contribution >= 0.6 is 0 Å². The van der Waals surface area contributed by atoms with Gasteiger partial charge in [0.1, 0.15) is 17.6 Å². The number of allylic oxidation sites excluding steroid dienone is 1. The van der Waals surface area contributed by atoms with Gasteiger partial charge in [0.15, 0.2) is 0 Å². The monoisotopic (exact) mass is 578 g/mol. The Kier molecular flexibility index (Phi) is 6.71. The lowest BCUT2D eigenvalue weighted by molar-refractivity contribution is -0.159. The second-order valence-electron chi connectivity index (χ2n) is 11.9. The highest BCUT2D eigenvalue weighted by Gasteiger charge is 2.75. The summed E-state index contributed by atoms with van der Waals surface area (Å²) >= 11 is 0. The number of carbonyl (C=O) groups is 3. The van der Waals surface area contributed by atoms with E-state index in [1.807, 2.05) is 97.1 Å². The molecule has 220 valence electrons. The molecular weight excluding hydrogens is 544 g/mol. The van der Waals surface area contributed by atoms with Crippen molar-refractivity contribution in [3.63, 3.8) is 0 Å². The Morgan fingerprint density at radius 2 is 1.67 bits per heavy atom. The van der Waals surface area contributed by atoms with Gasteiger partial charge in [-0.05, 0) is 48.2 Å². The van der Waals surface area contributed by atoms with Crippen molar-refractivity contribution >= 4 is 34.2 Å². The summed E-state index contributed by atoms with van der Waals surface area (Å²) in [5, 5.41) is 12.8. The van der Waals surface area contributed by atoms with Crippen LogP contribution in [-0.2, 0) is 23.9 Å². The first kappa shape index (κ1) is 27.6. The minimum atomic E-state index is -1.45. The molecule has 1 unspecified atom stereocenters. The molecule has 4 heterocycles. The van der Waals surface area contributed by atoms with Crippen LogP contribution in [0.4, 0.5) is 5.69 Å². The number of benzene rings is 3. The van der Waals surface area contributed by atoms with Crippen LogP contribution in [0.25, 0.3) is 10.8 Å². The van der Waals surface area contributed by atoms with Gasteiger partial charge in [0.05, 0.1) is 30.8 Å². The van der Waals surface area contributed by atoms with Crippen LogP contribution in [0.15, 0.2) is 97.1 Å². The van der Waals surface area contributed by atoms with Crippen LogP contribution in [0.5, 0.6) is 0 Å². The van der Waals surface area contributed by atoms with Gasteiger partial charge in [-0.25, -0.2) is 0 Å². The minimum absolute atomic E-state index is 0.241. The molecule has 1 spiro atoms. The van der Waals surface area contributed by atoms with E-state index in [9.17, 15) is 19.5 Å². The number of ether oxygens (including phenoxy) is 2. The lowest BCUT2D eigenvalue weighted by Crippen LogP contribution is -2.57. The Labute approximate surface area is 250 Å². The summed E-state index contributed by atoms with van der Waals surface area (Å²) in [5.41, 5.74) is -1.25. The fraction of sp³-hybridized carbons (Fsp3) is 0.343. The quantitative estimate of drug-likeness (QED) is 0.366. The molecule has 2 fully saturated rings. The molecule has 43 heavy (non-hydrogen) atoms. The first-order valence-corrected chi connectivity index (χ1v) is 14.9. The SMILES string of the molecule is C[C@]12/C=C\CCCOC(=O)[C@H]1[C@H]1C(=O)N([C@H](CO)c3ccccc3)C3C(=O)N(c4ccc5ccccc5c4)CC=C[C@@]31O2. The normalized spacial score (nSPS) is 31.8. The summed E-state index contributed by atoms with van der Waals surface area (Å²) in [6.45, 7) is 1.89. The summed E-state index contributed by atoms with van der Waals surface area (Å²) in [4.78, 5) is 46.4. The van der Waals surface area contributed by atoms with Crippen LogP contribution < -0.4 is 4.90 Å². The van der Waals surface area contributed by atoms with Crippen molar-refractivity contribution in [2.45, 2.75) is 43.1 Å². The van der Waals surface area contributed by atoms with Gasteiger partial charge < -0.3 is 24.4 Å². The molecule has 0 aromatic heterocycles. The van der Waals surface area contributed by atoms with Gasteiger partial charge >= 0.3 is 5.97 Å². The van der Waals surface area contributed by atoms with E-state index >= 15 is 0 Å². The predicted molar refractivity (Wildman–Crippen MR) is 161 cm³/mol. The third-order valence-electron chi connectivity index (χ3n) is 9.43. The molecule has 6 atom stereocenters. The molecule has 8 nitrogen and oxygen atoms in total. The van der Waals surface area contributed by atoms with E-state index in [1.165, 1.54) is 4.90 Å². The molecule has 4 aliphatic rings. The molecule has 0 radical (unpaired) electrons. The summed E-state index contributed by atoms with van der Waals surface area (Å²) < 4.78 is 12.6. The van der Waals surface area contributed by atoms with E-state index in [2.05, 4.69) is 0 Å². The van der Waals surface area contributed by atoms with E-state index in [1.54, 1.807) is 11.8 Å².